The Morgan fingerprint density at radius 2 is 1.91 bits per heavy atom. The quantitative estimate of drug-likeness (QED) is 0.494. The molecular formula is C24H19ClN2O5S. The molecule has 1 aliphatic heterocycles. The number of primary amides is 1. The molecule has 0 unspecified atom stereocenters. The lowest BCUT2D eigenvalue weighted by atomic mass is 10.0. The summed E-state index contributed by atoms with van der Waals surface area (Å²) in [5.74, 6) is -0.608. The fourth-order valence-corrected chi connectivity index (χ4v) is 4.61. The summed E-state index contributed by atoms with van der Waals surface area (Å²) in [6.07, 6.45) is 1.57. The third-order valence-corrected chi connectivity index (χ3v) is 6.18. The van der Waals surface area contributed by atoms with Gasteiger partial charge in [-0.25, -0.2) is 0 Å². The van der Waals surface area contributed by atoms with Crippen LogP contribution in [-0.2, 0) is 16.1 Å². The molecule has 0 saturated carbocycles. The summed E-state index contributed by atoms with van der Waals surface area (Å²) in [7, 11) is 1.42. The normalized spacial score (nSPS) is 14.8. The van der Waals surface area contributed by atoms with Gasteiger partial charge in [0.05, 0.1) is 23.6 Å². The summed E-state index contributed by atoms with van der Waals surface area (Å²) in [4.78, 5) is 38.2. The first kappa shape index (κ1) is 22.7. The van der Waals surface area contributed by atoms with Crippen LogP contribution in [0.4, 0.5) is 4.79 Å². The Kier molecular flexibility index (Phi) is 6.57. The van der Waals surface area contributed by atoms with Gasteiger partial charge in [0.15, 0.2) is 18.1 Å². The van der Waals surface area contributed by atoms with Gasteiger partial charge in [-0.3, -0.25) is 19.3 Å². The molecule has 7 nitrogen and oxygen atoms in total. The van der Waals surface area contributed by atoms with Crippen LogP contribution in [0.25, 0.3) is 16.8 Å². The maximum Gasteiger partial charge on any atom is 0.293 e. The van der Waals surface area contributed by atoms with Crippen LogP contribution < -0.4 is 15.2 Å². The van der Waals surface area contributed by atoms with Crippen LogP contribution in [0.2, 0.25) is 5.02 Å². The minimum atomic E-state index is -0.655. The highest BCUT2D eigenvalue weighted by atomic mass is 35.5. The Morgan fingerprint density at radius 1 is 1.15 bits per heavy atom. The molecule has 0 atom stereocenters. The minimum absolute atomic E-state index is 0.166. The van der Waals surface area contributed by atoms with E-state index in [1.165, 1.54) is 12.0 Å². The first-order valence-corrected chi connectivity index (χ1v) is 11.1. The summed E-state index contributed by atoms with van der Waals surface area (Å²) >= 11 is 7.14. The average molecular weight is 483 g/mol. The molecule has 3 aromatic rings. The molecule has 0 bridgehead atoms. The number of hydrogen-bond donors (Lipinski definition) is 1. The van der Waals surface area contributed by atoms with Gasteiger partial charge in [0, 0.05) is 0 Å². The maximum atomic E-state index is 13.0. The number of carbonyl (C=O) groups excluding carboxylic acids is 3. The smallest absolute Gasteiger partial charge is 0.293 e. The number of amides is 3. The van der Waals surface area contributed by atoms with Crippen molar-refractivity contribution in [2.75, 3.05) is 13.7 Å². The number of benzene rings is 3. The van der Waals surface area contributed by atoms with Crippen LogP contribution in [0.15, 0.2) is 59.5 Å². The molecule has 0 aliphatic carbocycles. The Balaban J connectivity index is 1.60. The van der Waals surface area contributed by atoms with Crippen molar-refractivity contribution < 1.29 is 23.9 Å². The monoisotopic (exact) mass is 482 g/mol. The summed E-state index contributed by atoms with van der Waals surface area (Å²) in [6.45, 7) is -0.185. The predicted octanol–water partition coefficient (Wildman–Crippen LogP) is 4.60. The van der Waals surface area contributed by atoms with E-state index >= 15 is 0 Å². The highest BCUT2D eigenvalue weighted by molar-refractivity contribution is 8.18. The summed E-state index contributed by atoms with van der Waals surface area (Å²) in [5.41, 5.74) is 6.54. The van der Waals surface area contributed by atoms with Gasteiger partial charge in [-0.05, 0) is 51.9 Å². The fraction of sp³-hybridized carbons (Fsp3) is 0.125. The zero-order valence-corrected chi connectivity index (χ0v) is 19.1. The van der Waals surface area contributed by atoms with Gasteiger partial charge in [0.1, 0.15) is 0 Å². The number of halogens is 1. The first-order chi connectivity index (χ1) is 15.9. The zero-order valence-electron chi connectivity index (χ0n) is 17.5. The summed E-state index contributed by atoms with van der Waals surface area (Å²) in [6, 6.07) is 16.8. The van der Waals surface area contributed by atoms with Crippen molar-refractivity contribution in [1.29, 1.82) is 0 Å². The highest BCUT2D eigenvalue weighted by Gasteiger charge is 2.35. The summed E-state index contributed by atoms with van der Waals surface area (Å²) in [5, 5.41) is 1.86. The van der Waals surface area contributed by atoms with Crippen molar-refractivity contribution in [1.82, 2.24) is 4.90 Å². The Bertz CT molecular complexity index is 1300. The first-order valence-electron chi connectivity index (χ1n) is 9.88. The van der Waals surface area contributed by atoms with E-state index in [4.69, 9.17) is 26.8 Å². The van der Waals surface area contributed by atoms with Crippen molar-refractivity contribution in [3.05, 3.63) is 75.7 Å². The standard InChI is InChI=1S/C24H19ClN2O5S/c1-31-19-10-14(9-18(25)22(19)32-13-21(26)28)11-20-23(29)27(24(30)33-20)12-16-7-4-6-15-5-2-3-8-17(15)16/h2-11H,12-13H2,1H3,(H2,26,28)/b20-11-. The van der Waals surface area contributed by atoms with Gasteiger partial charge >= 0.3 is 0 Å². The van der Waals surface area contributed by atoms with Gasteiger partial charge in [0.2, 0.25) is 0 Å². The second kappa shape index (κ2) is 9.56. The van der Waals surface area contributed by atoms with E-state index in [2.05, 4.69) is 0 Å². The van der Waals surface area contributed by atoms with Crippen LogP contribution >= 0.6 is 23.4 Å². The second-order valence-corrected chi connectivity index (χ2v) is 8.60. The number of thioether (sulfide) groups is 1. The van der Waals surface area contributed by atoms with E-state index in [9.17, 15) is 14.4 Å². The van der Waals surface area contributed by atoms with Gasteiger partial charge in [0.25, 0.3) is 17.1 Å². The molecule has 9 heteroatoms. The number of rotatable bonds is 7. The highest BCUT2D eigenvalue weighted by Crippen LogP contribution is 2.39. The van der Waals surface area contributed by atoms with E-state index in [1.54, 1.807) is 18.2 Å². The zero-order chi connectivity index (χ0) is 23.5. The van der Waals surface area contributed by atoms with Crippen molar-refractivity contribution in [3.63, 3.8) is 0 Å². The molecule has 1 fully saturated rings. The number of methoxy groups -OCH3 is 1. The van der Waals surface area contributed by atoms with Crippen LogP contribution in [0.3, 0.4) is 0 Å². The third kappa shape index (κ3) is 4.81. The van der Waals surface area contributed by atoms with Gasteiger partial charge in [-0.1, -0.05) is 54.1 Å². The molecule has 4 rings (SSSR count). The third-order valence-electron chi connectivity index (χ3n) is 4.99. The molecule has 33 heavy (non-hydrogen) atoms. The molecule has 1 saturated heterocycles. The number of imide groups is 1. The van der Waals surface area contributed by atoms with Crippen molar-refractivity contribution in [2.24, 2.45) is 5.73 Å². The molecule has 0 spiro atoms. The van der Waals surface area contributed by atoms with Crippen LogP contribution in [0, 0.1) is 0 Å². The predicted molar refractivity (Wildman–Crippen MR) is 128 cm³/mol. The van der Waals surface area contributed by atoms with E-state index in [1.807, 2.05) is 42.5 Å². The average Bonchev–Trinajstić information content (AvgIpc) is 3.05. The van der Waals surface area contributed by atoms with Crippen molar-refractivity contribution in [2.45, 2.75) is 6.54 Å². The SMILES string of the molecule is COc1cc(/C=C2\SC(=O)N(Cc3cccc4ccccc34)C2=O)cc(Cl)c1OCC(N)=O. The minimum Gasteiger partial charge on any atom is -0.493 e. The lowest BCUT2D eigenvalue weighted by molar-refractivity contribution is -0.123. The van der Waals surface area contributed by atoms with Gasteiger partial charge < -0.3 is 15.2 Å². The molecule has 2 N–H and O–H groups in total. The molecule has 0 aromatic heterocycles. The number of nitrogens with two attached hydrogens (primary N) is 1. The van der Waals surface area contributed by atoms with Gasteiger partial charge in [-0.2, -0.15) is 0 Å². The molecule has 1 aliphatic rings. The lowest BCUT2D eigenvalue weighted by Gasteiger charge is -2.14. The number of ether oxygens (including phenoxy) is 2. The molecule has 3 amide bonds. The van der Waals surface area contributed by atoms with E-state index in [0.717, 1.165) is 28.1 Å². The van der Waals surface area contributed by atoms with Crippen LogP contribution in [0.1, 0.15) is 11.1 Å². The van der Waals surface area contributed by atoms with E-state index in [-0.39, 0.29) is 45.7 Å². The van der Waals surface area contributed by atoms with Crippen molar-refractivity contribution in [3.8, 4) is 11.5 Å². The van der Waals surface area contributed by atoms with Crippen LogP contribution in [-0.4, -0.2) is 35.7 Å². The van der Waals surface area contributed by atoms with Gasteiger partial charge in [-0.15, -0.1) is 0 Å². The van der Waals surface area contributed by atoms with Crippen molar-refractivity contribution >= 4 is 57.3 Å². The Labute approximate surface area is 199 Å². The molecule has 0 radical (unpaired) electrons. The maximum absolute atomic E-state index is 13.0. The largest absolute Gasteiger partial charge is 0.493 e. The Hall–Kier alpha value is -3.49. The molecule has 168 valence electrons. The molecule has 3 aromatic carbocycles. The van der Waals surface area contributed by atoms with E-state index in [0.29, 0.717) is 5.56 Å². The number of nitrogens with zero attached hydrogens (tertiary/aromatic N) is 1. The second-order valence-electron chi connectivity index (χ2n) is 7.20. The summed E-state index contributed by atoms with van der Waals surface area (Å²) < 4.78 is 10.6. The lowest BCUT2D eigenvalue weighted by Crippen LogP contribution is -2.27. The fourth-order valence-electron chi connectivity index (χ4n) is 3.49. The number of hydrogen-bond acceptors (Lipinski definition) is 6. The Morgan fingerprint density at radius 3 is 2.67 bits per heavy atom. The topological polar surface area (TPSA) is 98.9 Å². The molecular weight excluding hydrogens is 464 g/mol. The van der Waals surface area contributed by atoms with E-state index < -0.39 is 5.91 Å². The van der Waals surface area contributed by atoms with Crippen LogP contribution in [0.5, 0.6) is 11.5 Å². The number of carbonyl (C=O) groups is 3. The number of fused-ring (bicyclic) bond motifs is 1. The molecule has 1 heterocycles.